The van der Waals surface area contributed by atoms with Gasteiger partial charge >= 0.3 is 0 Å². The van der Waals surface area contributed by atoms with Crippen molar-refractivity contribution in [2.24, 2.45) is 0 Å². The van der Waals surface area contributed by atoms with E-state index in [0.29, 0.717) is 0 Å². The summed E-state index contributed by atoms with van der Waals surface area (Å²) < 4.78 is 7.50. The van der Waals surface area contributed by atoms with Crippen molar-refractivity contribution in [2.75, 3.05) is 13.7 Å². The molecule has 0 saturated carbocycles. The number of methoxy groups -OCH3 is 1. The summed E-state index contributed by atoms with van der Waals surface area (Å²) in [5, 5.41) is 0. The zero-order valence-corrected chi connectivity index (χ0v) is 15.7. The summed E-state index contributed by atoms with van der Waals surface area (Å²) in [6, 6.07) is 12.8. The van der Waals surface area contributed by atoms with Gasteiger partial charge in [0, 0.05) is 48.3 Å². The van der Waals surface area contributed by atoms with Crippen LogP contribution >= 0.6 is 11.3 Å². The van der Waals surface area contributed by atoms with Crippen LogP contribution in [-0.4, -0.2) is 28.1 Å². The van der Waals surface area contributed by atoms with Crippen LogP contribution in [-0.2, 0) is 19.6 Å². The molecule has 0 aliphatic rings. The second-order valence-electron chi connectivity index (χ2n) is 6.23. The van der Waals surface area contributed by atoms with E-state index in [2.05, 4.69) is 51.7 Å². The third-order valence-electron chi connectivity index (χ3n) is 4.17. The number of imidazole rings is 1. The molecular formula is C20H25N3OS. The number of rotatable bonds is 9. The molecule has 0 saturated heterocycles. The number of ether oxygens (including phenoxy) is 1. The Morgan fingerprint density at radius 1 is 1.20 bits per heavy atom. The molecule has 0 aliphatic carbocycles. The zero-order chi connectivity index (χ0) is 17.5. The van der Waals surface area contributed by atoms with Crippen molar-refractivity contribution in [2.45, 2.75) is 33.0 Å². The average Bonchev–Trinajstić information content (AvgIpc) is 3.27. The Labute approximate surface area is 153 Å². The summed E-state index contributed by atoms with van der Waals surface area (Å²) in [4.78, 5) is 9.41. The summed E-state index contributed by atoms with van der Waals surface area (Å²) in [5.41, 5.74) is 1.29. The van der Waals surface area contributed by atoms with E-state index in [-0.39, 0.29) is 0 Å². The highest BCUT2D eigenvalue weighted by atomic mass is 32.1. The lowest BCUT2D eigenvalue weighted by atomic mass is 10.2. The van der Waals surface area contributed by atoms with Crippen LogP contribution in [0.2, 0.25) is 0 Å². The summed E-state index contributed by atoms with van der Waals surface area (Å²) in [5.74, 6) is 0.919. The minimum atomic E-state index is 0.919. The van der Waals surface area contributed by atoms with Gasteiger partial charge in [0.15, 0.2) is 0 Å². The molecular weight excluding hydrogens is 330 g/mol. The molecule has 25 heavy (non-hydrogen) atoms. The highest BCUT2D eigenvalue weighted by molar-refractivity contribution is 7.11. The van der Waals surface area contributed by atoms with Crippen LogP contribution in [0.25, 0.3) is 0 Å². The lowest BCUT2D eigenvalue weighted by Gasteiger charge is -2.22. The Bertz CT molecular complexity index is 767. The second kappa shape index (κ2) is 8.83. The predicted octanol–water partition coefficient (Wildman–Crippen LogP) is 4.35. The molecule has 132 valence electrons. The number of aryl methyl sites for hydroxylation is 2. The molecule has 2 aromatic heterocycles. The maximum absolute atomic E-state index is 5.36. The SMILES string of the molecule is COc1cccc(CN(CCCn2ccnc2)Cc2ccc(C)s2)c1. The fourth-order valence-electron chi connectivity index (χ4n) is 2.93. The second-order valence-corrected chi connectivity index (χ2v) is 7.60. The van der Waals surface area contributed by atoms with E-state index in [9.17, 15) is 0 Å². The molecule has 0 unspecified atom stereocenters. The quantitative estimate of drug-likeness (QED) is 0.571. The first-order valence-electron chi connectivity index (χ1n) is 8.59. The van der Waals surface area contributed by atoms with Gasteiger partial charge in [-0.05, 0) is 43.2 Å². The Kier molecular flexibility index (Phi) is 6.25. The number of benzene rings is 1. The van der Waals surface area contributed by atoms with Crippen LogP contribution in [0, 0.1) is 6.92 Å². The van der Waals surface area contributed by atoms with E-state index >= 15 is 0 Å². The van der Waals surface area contributed by atoms with Crippen molar-refractivity contribution in [3.63, 3.8) is 0 Å². The van der Waals surface area contributed by atoms with Crippen LogP contribution < -0.4 is 4.74 Å². The van der Waals surface area contributed by atoms with Gasteiger partial charge in [-0.2, -0.15) is 0 Å². The molecule has 4 nitrogen and oxygen atoms in total. The Morgan fingerprint density at radius 2 is 2.12 bits per heavy atom. The number of aromatic nitrogens is 2. The normalized spacial score (nSPS) is 11.2. The summed E-state index contributed by atoms with van der Waals surface area (Å²) in [6.07, 6.45) is 6.84. The smallest absolute Gasteiger partial charge is 0.119 e. The van der Waals surface area contributed by atoms with Crippen LogP contribution in [0.1, 0.15) is 21.7 Å². The number of hydrogen-bond donors (Lipinski definition) is 0. The molecule has 0 amide bonds. The van der Waals surface area contributed by atoms with E-state index in [1.807, 2.05) is 36.1 Å². The van der Waals surface area contributed by atoms with Gasteiger partial charge < -0.3 is 9.30 Å². The van der Waals surface area contributed by atoms with Gasteiger partial charge in [0.1, 0.15) is 5.75 Å². The lowest BCUT2D eigenvalue weighted by Crippen LogP contribution is -2.24. The van der Waals surface area contributed by atoms with Crippen LogP contribution in [0.5, 0.6) is 5.75 Å². The third kappa shape index (κ3) is 5.44. The molecule has 3 aromatic rings. The maximum atomic E-state index is 5.36. The molecule has 2 heterocycles. The van der Waals surface area contributed by atoms with Crippen molar-refractivity contribution < 1.29 is 4.74 Å². The fraction of sp³-hybridized carbons (Fsp3) is 0.350. The fourth-order valence-corrected chi connectivity index (χ4v) is 3.86. The van der Waals surface area contributed by atoms with Gasteiger partial charge in [-0.25, -0.2) is 4.98 Å². The van der Waals surface area contributed by atoms with E-state index in [1.54, 1.807) is 7.11 Å². The van der Waals surface area contributed by atoms with Crippen molar-refractivity contribution in [1.82, 2.24) is 14.5 Å². The predicted molar refractivity (Wildman–Crippen MR) is 103 cm³/mol. The van der Waals surface area contributed by atoms with Crippen molar-refractivity contribution in [3.8, 4) is 5.75 Å². The summed E-state index contributed by atoms with van der Waals surface area (Å²) in [6.45, 7) is 6.13. The minimum absolute atomic E-state index is 0.919. The topological polar surface area (TPSA) is 30.3 Å². The molecule has 0 fully saturated rings. The first-order chi connectivity index (χ1) is 12.2. The van der Waals surface area contributed by atoms with E-state index < -0.39 is 0 Å². The highest BCUT2D eigenvalue weighted by Gasteiger charge is 2.09. The van der Waals surface area contributed by atoms with Crippen LogP contribution in [0.15, 0.2) is 55.1 Å². The van der Waals surface area contributed by atoms with E-state index in [0.717, 1.165) is 38.3 Å². The van der Waals surface area contributed by atoms with Crippen LogP contribution in [0.3, 0.4) is 0 Å². The molecule has 0 radical (unpaired) electrons. The van der Waals surface area contributed by atoms with E-state index in [1.165, 1.54) is 15.3 Å². The Balaban J connectivity index is 1.64. The van der Waals surface area contributed by atoms with Gasteiger partial charge in [-0.15, -0.1) is 11.3 Å². The Morgan fingerprint density at radius 3 is 2.84 bits per heavy atom. The van der Waals surface area contributed by atoms with Gasteiger partial charge in [-0.1, -0.05) is 12.1 Å². The molecule has 0 N–H and O–H groups in total. The molecule has 0 bridgehead atoms. The first kappa shape index (κ1) is 17.7. The van der Waals surface area contributed by atoms with Gasteiger partial charge in [0.25, 0.3) is 0 Å². The van der Waals surface area contributed by atoms with Gasteiger partial charge in [0.05, 0.1) is 13.4 Å². The molecule has 3 rings (SSSR count). The molecule has 0 spiro atoms. The molecule has 0 atom stereocenters. The molecule has 0 aliphatic heterocycles. The average molecular weight is 356 g/mol. The highest BCUT2D eigenvalue weighted by Crippen LogP contribution is 2.20. The van der Waals surface area contributed by atoms with Gasteiger partial charge in [0.2, 0.25) is 0 Å². The molecule has 1 aromatic carbocycles. The van der Waals surface area contributed by atoms with Crippen molar-refractivity contribution >= 4 is 11.3 Å². The largest absolute Gasteiger partial charge is 0.497 e. The number of hydrogen-bond acceptors (Lipinski definition) is 4. The molecule has 5 heteroatoms. The minimum Gasteiger partial charge on any atom is -0.497 e. The van der Waals surface area contributed by atoms with E-state index in [4.69, 9.17) is 4.74 Å². The summed E-state index contributed by atoms with van der Waals surface area (Å²) in [7, 11) is 1.72. The Hall–Kier alpha value is -2.11. The summed E-state index contributed by atoms with van der Waals surface area (Å²) >= 11 is 1.88. The van der Waals surface area contributed by atoms with Gasteiger partial charge in [-0.3, -0.25) is 4.90 Å². The maximum Gasteiger partial charge on any atom is 0.119 e. The van der Waals surface area contributed by atoms with Crippen molar-refractivity contribution in [1.29, 1.82) is 0 Å². The standard InChI is InChI=1S/C20H25N3OS/c1-17-7-8-20(25-17)15-23(11-4-10-22-12-9-21-16-22)14-18-5-3-6-19(13-18)24-2/h3,5-9,12-13,16H,4,10-11,14-15H2,1-2H3. The van der Waals surface area contributed by atoms with Crippen LogP contribution in [0.4, 0.5) is 0 Å². The van der Waals surface area contributed by atoms with Crippen molar-refractivity contribution in [3.05, 3.63) is 70.4 Å². The number of nitrogens with zero attached hydrogens (tertiary/aromatic N) is 3. The third-order valence-corrected chi connectivity index (χ3v) is 5.15. The first-order valence-corrected chi connectivity index (χ1v) is 9.41. The monoisotopic (exact) mass is 355 g/mol. The lowest BCUT2D eigenvalue weighted by molar-refractivity contribution is 0.250. The zero-order valence-electron chi connectivity index (χ0n) is 14.9. The number of thiophene rings is 1.